The Bertz CT molecular complexity index is 1520. The first-order valence-corrected chi connectivity index (χ1v) is 16.3. The zero-order valence-corrected chi connectivity index (χ0v) is 25.5. The average molecular weight is 617 g/mol. The van der Waals surface area contributed by atoms with E-state index in [0.29, 0.717) is 48.0 Å². The van der Waals surface area contributed by atoms with Gasteiger partial charge in [0.1, 0.15) is 0 Å². The molecule has 1 N–H and O–H groups in total. The predicted molar refractivity (Wildman–Crippen MR) is 162 cm³/mol. The van der Waals surface area contributed by atoms with E-state index in [1.54, 1.807) is 6.07 Å². The van der Waals surface area contributed by atoms with Gasteiger partial charge in [-0.1, -0.05) is 67.4 Å². The number of nitrogens with zero attached hydrogens (tertiary/aromatic N) is 3. The third-order valence-corrected chi connectivity index (χ3v) is 10.8. The van der Waals surface area contributed by atoms with Crippen LogP contribution in [0.5, 0.6) is 5.88 Å². The van der Waals surface area contributed by atoms with Gasteiger partial charge in [-0.05, 0) is 60.7 Å². The summed E-state index contributed by atoms with van der Waals surface area (Å²) in [5.74, 6) is -0.185. The lowest BCUT2D eigenvalue weighted by molar-refractivity contribution is -0.155. The van der Waals surface area contributed by atoms with Crippen molar-refractivity contribution < 1.29 is 18.3 Å². The summed E-state index contributed by atoms with van der Waals surface area (Å²) in [5.41, 5.74) is 1.65. The van der Waals surface area contributed by atoms with Crippen molar-refractivity contribution in [3.63, 3.8) is 0 Å². The molecule has 1 aromatic heterocycles. The van der Waals surface area contributed by atoms with Gasteiger partial charge in [0.05, 0.1) is 17.2 Å². The van der Waals surface area contributed by atoms with Gasteiger partial charge in [0, 0.05) is 53.3 Å². The number of aromatic nitrogens is 1. The number of amides is 1. The topological polar surface area (TPSA) is 90.8 Å². The van der Waals surface area contributed by atoms with Crippen LogP contribution in [0.4, 0.5) is 0 Å². The molecule has 4 atom stereocenters. The highest BCUT2D eigenvalue weighted by atomic mass is 35.5. The molecule has 2 fully saturated rings. The van der Waals surface area contributed by atoms with Crippen molar-refractivity contribution in [1.29, 1.82) is 0 Å². The molecule has 2 aromatic carbocycles. The standard InChI is InChI=1S/C31H35Cl2N3O4S/c1-3-26(20-35-15-6-16-41(35,39)40)36-29(21-11-13-23(32)14-12-21)27(22-7-4-8-24(33)17-22)19-31(2,30(36)38)18-25-9-5-10-28(37)34-25/h4-5,7-14,17,26-27,29H,3,6,15-16,18-20H2,1-2H3,(H,34,37)/t26?,27-,29-,31+/m1/s1. The monoisotopic (exact) mass is 615 g/mol. The highest BCUT2D eigenvalue weighted by molar-refractivity contribution is 7.89. The number of rotatable bonds is 8. The van der Waals surface area contributed by atoms with Crippen molar-refractivity contribution >= 4 is 39.1 Å². The van der Waals surface area contributed by atoms with Gasteiger partial charge in [0.25, 0.3) is 0 Å². The number of halogens is 2. The molecule has 7 nitrogen and oxygen atoms in total. The average Bonchev–Trinajstić information content (AvgIpc) is 3.26. The molecule has 0 spiro atoms. The highest BCUT2D eigenvalue weighted by Gasteiger charge is 2.52. The Hall–Kier alpha value is -2.65. The number of carbonyl (C=O) groups is 1. The summed E-state index contributed by atoms with van der Waals surface area (Å²) >= 11 is 12.8. The maximum atomic E-state index is 14.8. The lowest BCUT2D eigenvalue weighted by Crippen LogP contribution is -2.58. The number of pyridine rings is 1. The van der Waals surface area contributed by atoms with E-state index >= 15 is 0 Å². The van der Waals surface area contributed by atoms with E-state index in [-0.39, 0.29) is 42.1 Å². The number of hydrogen-bond donors (Lipinski definition) is 1. The van der Waals surface area contributed by atoms with Crippen LogP contribution in [-0.2, 0) is 21.2 Å². The molecule has 0 radical (unpaired) electrons. The normalized spacial score (nSPS) is 25.4. The van der Waals surface area contributed by atoms with Crippen molar-refractivity contribution in [2.24, 2.45) is 5.41 Å². The molecule has 2 aliphatic rings. The number of hydrogen-bond acceptors (Lipinski definition) is 5. The van der Waals surface area contributed by atoms with Gasteiger partial charge in [-0.15, -0.1) is 0 Å². The van der Waals surface area contributed by atoms with Crippen molar-refractivity contribution in [2.45, 2.75) is 57.5 Å². The van der Waals surface area contributed by atoms with Gasteiger partial charge in [-0.2, -0.15) is 4.31 Å². The molecule has 2 aliphatic heterocycles. The van der Waals surface area contributed by atoms with E-state index in [1.807, 2.05) is 73.3 Å². The fourth-order valence-corrected chi connectivity index (χ4v) is 8.34. The van der Waals surface area contributed by atoms with Crippen LogP contribution in [0, 0.1) is 5.41 Å². The molecule has 10 heteroatoms. The van der Waals surface area contributed by atoms with E-state index < -0.39 is 15.4 Å². The lowest BCUT2D eigenvalue weighted by atomic mass is 9.66. The SMILES string of the molecule is CCC(CN1CCCS1(=O)=O)N1C(=O)[C@@](C)(Cc2cccc(O)n2)C[C@H](c2cccc(Cl)c2)[C@H]1c1ccc(Cl)cc1. The number of benzene rings is 2. The van der Waals surface area contributed by atoms with Gasteiger partial charge in [0.2, 0.25) is 21.8 Å². The minimum absolute atomic E-state index is 0.0654. The van der Waals surface area contributed by atoms with Crippen molar-refractivity contribution in [2.75, 3.05) is 18.8 Å². The molecule has 3 aromatic rings. The number of sulfonamides is 1. The third-order valence-electron chi connectivity index (χ3n) is 8.44. The van der Waals surface area contributed by atoms with E-state index in [0.717, 1.165) is 11.1 Å². The maximum absolute atomic E-state index is 14.8. The van der Waals surface area contributed by atoms with Crippen LogP contribution in [0.3, 0.4) is 0 Å². The Labute approximate surface area is 252 Å². The molecule has 2 saturated heterocycles. The molecule has 218 valence electrons. The summed E-state index contributed by atoms with van der Waals surface area (Å²) in [6.45, 7) is 4.63. The smallest absolute Gasteiger partial charge is 0.229 e. The lowest BCUT2D eigenvalue weighted by Gasteiger charge is -2.52. The second kappa shape index (κ2) is 11.9. The molecule has 0 aliphatic carbocycles. The zero-order valence-electron chi connectivity index (χ0n) is 23.2. The first-order valence-electron chi connectivity index (χ1n) is 14.0. The fraction of sp³-hybridized carbons (Fsp3) is 0.419. The third kappa shape index (κ3) is 6.26. The van der Waals surface area contributed by atoms with Crippen LogP contribution in [0.1, 0.15) is 61.9 Å². The molecule has 41 heavy (non-hydrogen) atoms. The minimum Gasteiger partial charge on any atom is -0.493 e. The predicted octanol–water partition coefficient (Wildman–Crippen LogP) is 6.21. The Morgan fingerprint density at radius 2 is 1.78 bits per heavy atom. The highest BCUT2D eigenvalue weighted by Crippen LogP contribution is 2.52. The molecule has 0 saturated carbocycles. The van der Waals surface area contributed by atoms with Crippen LogP contribution in [0.15, 0.2) is 66.7 Å². The van der Waals surface area contributed by atoms with Crippen molar-refractivity contribution in [1.82, 2.24) is 14.2 Å². The van der Waals surface area contributed by atoms with Crippen LogP contribution in [0.25, 0.3) is 0 Å². The molecule has 1 amide bonds. The Morgan fingerprint density at radius 3 is 2.41 bits per heavy atom. The molecular formula is C31H35Cl2N3O4S. The van der Waals surface area contributed by atoms with Gasteiger partial charge in [0.15, 0.2) is 0 Å². The van der Waals surface area contributed by atoms with Gasteiger partial charge in [-0.3, -0.25) is 4.79 Å². The zero-order chi connectivity index (χ0) is 29.4. The largest absolute Gasteiger partial charge is 0.493 e. The summed E-state index contributed by atoms with van der Waals surface area (Å²) in [6.07, 6.45) is 1.98. The molecule has 3 heterocycles. The summed E-state index contributed by atoms with van der Waals surface area (Å²) in [5, 5.41) is 11.3. The Morgan fingerprint density at radius 1 is 1.05 bits per heavy atom. The second-order valence-corrected chi connectivity index (χ2v) is 14.3. The van der Waals surface area contributed by atoms with Gasteiger partial charge < -0.3 is 10.0 Å². The Balaban J connectivity index is 1.66. The fourth-order valence-electron chi connectivity index (χ4n) is 6.46. The molecular weight excluding hydrogens is 581 g/mol. The number of piperidine rings is 1. The minimum atomic E-state index is -3.37. The van der Waals surface area contributed by atoms with Gasteiger partial charge in [-0.25, -0.2) is 13.4 Å². The summed E-state index contributed by atoms with van der Waals surface area (Å²) in [7, 11) is -3.37. The van der Waals surface area contributed by atoms with E-state index in [2.05, 4.69) is 4.98 Å². The molecule has 0 bridgehead atoms. The van der Waals surface area contributed by atoms with E-state index in [4.69, 9.17) is 23.2 Å². The van der Waals surface area contributed by atoms with Crippen LogP contribution in [-0.4, -0.2) is 58.5 Å². The molecule has 1 unspecified atom stereocenters. The number of carbonyl (C=O) groups excluding carboxylic acids is 1. The second-order valence-electron chi connectivity index (χ2n) is 11.4. The van der Waals surface area contributed by atoms with Crippen molar-refractivity contribution in [3.05, 3.63) is 93.6 Å². The summed E-state index contributed by atoms with van der Waals surface area (Å²) in [6, 6.07) is 19.6. The Kier molecular flexibility index (Phi) is 8.67. The first-order chi connectivity index (χ1) is 19.5. The summed E-state index contributed by atoms with van der Waals surface area (Å²) < 4.78 is 27.2. The maximum Gasteiger partial charge on any atom is 0.229 e. The van der Waals surface area contributed by atoms with Crippen molar-refractivity contribution in [3.8, 4) is 5.88 Å². The summed E-state index contributed by atoms with van der Waals surface area (Å²) in [4.78, 5) is 21.0. The van der Waals surface area contributed by atoms with E-state index in [9.17, 15) is 18.3 Å². The van der Waals surface area contributed by atoms with Crippen LogP contribution in [0.2, 0.25) is 10.0 Å². The molecule has 5 rings (SSSR count). The van der Waals surface area contributed by atoms with Crippen LogP contribution >= 0.6 is 23.2 Å². The quantitative estimate of drug-likeness (QED) is 0.325. The van der Waals surface area contributed by atoms with Gasteiger partial charge >= 0.3 is 0 Å². The first kappa shape index (κ1) is 29.8. The van der Waals surface area contributed by atoms with E-state index in [1.165, 1.54) is 10.4 Å². The number of aromatic hydroxyl groups is 1. The number of likely N-dealkylation sites (tertiary alicyclic amines) is 1. The van der Waals surface area contributed by atoms with Crippen LogP contribution < -0.4 is 0 Å².